The Balaban J connectivity index is 1.76. The van der Waals surface area contributed by atoms with E-state index in [0.717, 1.165) is 12.8 Å². The highest BCUT2D eigenvalue weighted by Crippen LogP contribution is 2.21. The number of tetrazole rings is 1. The van der Waals surface area contributed by atoms with E-state index in [1.807, 2.05) is 6.07 Å². The third-order valence-electron chi connectivity index (χ3n) is 4.25. The SMILES string of the molecule is NCCNC(=O)C1CCCN(C(=O)c2ccccc2-n2cnnn2)C1. The van der Waals surface area contributed by atoms with Crippen LogP contribution in [0.15, 0.2) is 30.6 Å². The van der Waals surface area contributed by atoms with E-state index in [1.165, 1.54) is 11.0 Å². The van der Waals surface area contributed by atoms with E-state index in [4.69, 9.17) is 5.73 Å². The van der Waals surface area contributed by atoms with E-state index >= 15 is 0 Å². The molecule has 9 nitrogen and oxygen atoms in total. The van der Waals surface area contributed by atoms with Crippen LogP contribution in [0.1, 0.15) is 23.2 Å². The van der Waals surface area contributed by atoms with Crippen LogP contribution in [0.2, 0.25) is 0 Å². The number of aromatic nitrogens is 4. The molecule has 1 aromatic heterocycles. The van der Waals surface area contributed by atoms with Crippen LogP contribution in [-0.4, -0.2) is 63.1 Å². The average Bonchev–Trinajstić information content (AvgIpc) is 3.20. The molecule has 1 aliphatic heterocycles. The number of carbonyl (C=O) groups excluding carboxylic acids is 2. The summed E-state index contributed by atoms with van der Waals surface area (Å²) in [6.45, 7) is 1.88. The molecule has 0 bridgehead atoms. The van der Waals surface area contributed by atoms with Gasteiger partial charge in [0, 0.05) is 26.2 Å². The van der Waals surface area contributed by atoms with Crippen LogP contribution < -0.4 is 11.1 Å². The van der Waals surface area contributed by atoms with Gasteiger partial charge in [-0.05, 0) is 35.4 Å². The highest BCUT2D eigenvalue weighted by molar-refractivity contribution is 5.98. The first kappa shape index (κ1) is 17.0. The number of nitrogens with one attached hydrogen (secondary N) is 1. The molecular weight excluding hydrogens is 322 g/mol. The third kappa shape index (κ3) is 3.82. The van der Waals surface area contributed by atoms with Gasteiger partial charge < -0.3 is 16.0 Å². The molecule has 0 aliphatic carbocycles. The monoisotopic (exact) mass is 343 g/mol. The van der Waals surface area contributed by atoms with Crippen LogP contribution >= 0.6 is 0 Å². The van der Waals surface area contributed by atoms with E-state index < -0.39 is 0 Å². The molecule has 25 heavy (non-hydrogen) atoms. The lowest BCUT2D eigenvalue weighted by Crippen LogP contribution is -2.46. The van der Waals surface area contributed by atoms with E-state index in [9.17, 15) is 9.59 Å². The topological polar surface area (TPSA) is 119 Å². The quantitative estimate of drug-likeness (QED) is 0.762. The predicted molar refractivity (Wildman–Crippen MR) is 89.8 cm³/mol. The van der Waals surface area contributed by atoms with Gasteiger partial charge in [0.2, 0.25) is 5.91 Å². The lowest BCUT2D eigenvalue weighted by Gasteiger charge is -2.32. The molecule has 1 atom stereocenters. The van der Waals surface area contributed by atoms with Gasteiger partial charge in [0.25, 0.3) is 5.91 Å². The van der Waals surface area contributed by atoms with Crippen molar-refractivity contribution < 1.29 is 9.59 Å². The number of rotatable bonds is 5. The molecule has 9 heteroatoms. The molecule has 1 fully saturated rings. The summed E-state index contributed by atoms with van der Waals surface area (Å²) in [5.41, 5.74) is 6.55. The summed E-state index contributed by atoms with van der Waals surface area (Å²) >= 11 is 0. The minimum atomic E-state index is -0.204. The number of para-hydroxylation sites is 1. The van der Waals surface area contributed by atoms with Crippen molar-refractivity contribution in [2.24, 2.45) is 11.7 Å². The summed E-state index contributed by atoms with van der Waals surface area (Å²) in [7, 11) is 0. The van der Waals surface area contributed by atoms with Crippen molar-refractivity contribution >= 4 is 11.8 Å². The van der Waals surface area contributed by atoms with Gasteiger partial charge >= 0.3 is 0 Å². The van der Waals surface area contributed by atoms with Gasteiger partial charge in [-0.1, -0.05) is 12.1 Å². The molecule has 0 spiro atoms. The van der Waals surface area contributed by atoms with Crippen molar-refractivity contribution in [1.82, 2.24) is 30.4 Å². The second kappa shape index (κ2) is 7.84. The molecule has 1 aliphatic rings. The zero-order chi connectivity index (χ0) is 17.6. The lowest BCUT2D eigenvalue weighted by molar-refractivity contribution is -0.126. The molecule has 1 saturated heterocycles. The van der Waals surface area contributed by atoms with Crippen molar-refractivity contribution in [3.63, 3.8) is 0 Å². The Labute approximate surface area is 145 Å². The highest BCUT2D eigenvalue weighted by Gasteiger charge is 2.29. The largest absolute Gasteiger partial charge is 0.355 e. The first-order chi connectivity index (χ1) is 12.2. The Bertz CT molecular complexity index is 732. The molecule has 1 unspecified atom stereocenters. The lowest BCUT2D eigenvalue weighted by atomic mass is 9.96. The van der Waals surface area contributed by atoms with E-state index in [1.54, 1.807) is 23.1 Å². The number of carbonyl (C=O) groups is 2. The van der Waals surface area contributed by atoms with Crippen molar-refractivity contribution in [3.8, 4) is 5.69 Å². The zero-order valence-electron chi connectivity index (χ0n) is 13.8. The third-order valence-corrected chi connectivity index (χ3v) is 4.25. The van der Waals surface area contributed by atoms with Crippen molar-refractivity contribution in [2.45, 2.75) is 12.8 Å². The van der Waals surface area contributed by atoms with Gasteiger partial charge in [-0.2, -0.15) is 4.68 Å². The first-order valence-corrected chi connectivity index (χ1v) is 8.30. The molecule has 2 aromatic rings. The minimum Gasteiger partial charge on any atom is -0.355 e. The van der Waals surface area contributed by atoms with Crippen LogP contribution in [0.3, 0.4) is 0 Å². The van der Waals surface area contributed by atoms with Gasteiger partial charge in [-0.25, -0.2) is 0 Å². The molecule has 2 heterocycles. The minimum absolute atomic E-state index is 0.0447. The second-order valence-electron chi connectivity index (χ2n) is 5.94. The molecule has 0 radical (unpaired) electrons. The fraction of sp³-hybridized carbons (Fsp3) is 0.438. The standard InChI is InChI=1S/C16H21N7O2/c17-7-8-18-15(24)12-4-3-9-22(10-12)16(25)13-5-1-2-6-14(13)23-11-19-20-21-23/h1-2,5-6,11-12H,3-4,7-10,17H2,(H,18,24). The number of likely N-dealkylation sites (tertiary alicyclic amines) is 1. The number of amides is 2. The normalized spacial score (nSPS) is 17.3. The summed E-state index contributed by atoms with van der Waals surface area (Å²) in [5.74, 6) is -0.372. The van der Waals surface area contributed by atoms with E-state index in [2.05, 4.69) is 20.8 Å². The Morgan fingerprint density at radius 1 is 1.32 bits per heavy atom. The molecule has 0 saturated carbocycles. The Kier molecular flexibility index (Phi) is 5.34. The summed E-state index contributed by atoms with van der Waals surface area (Å²) in [4.78, 5) is 26.9. The van der Waals surface area contributed by atoms with Gasteiger partial charge in [0.1, 0.15) is 6.33 Å². The predicted octanol–water partition coefficient (Wildman–Crippen LogP) is -0.411. The summed E-state index contributed by atoms with van der Waals surface area (Å²) < 4.78 is 1.46. The molecule has 3 rings (SSSR count). The second-order valence-corrected chi connectivity index (χ2v) is 5.94. The maximum Gasteiger partial charge on any atom is 0.256 e. The summed E-state index contributed by atoms with van der Waals surface area (Å²) in [6.07, 6.45) is 3.01. The number of nitrogens with zero attached hydrogens (tertiary/aromatic N) is 5. The zero-order valence-corrected chi connectivity index (χ0v) is 13.8. The fourth-order valence-corrected chi connectivity index (χ4v) is 3.01. The van der Waals surface area contributed by atoms with Crippen LogP contribution in [0, 0.1) is 5.92 Å². The van der Waals surface area contributed by atoms with Gasteiger partial charge in [0.05, 0.1) is 17.2 Å². The summed E-state index contributed by atoms with van der Waals surface area (Å²) in [6, 6.07) is 7.17. The number of piperidine rings is 1. The molecule has 2 amide bonds. The van der Waals surface area contributed by atoms with Crippen LogP contribution in [0.4, 0.5) is 0 Å². The number of hydrogen-bond donors (Lipinski definition) is 2. The van der Waals surface area contributed by atoms with Crippen molar-refractivity contribution in [1.29, 1.82) is 0 Å². The molecule has 3 N–H and O–H groups in total. The fourth-order valence-electron chi connectivity index (χ4n) is 3.01. The Morgan fingerprint density at radius 2 is 2.16 bits per heavy atom. The van der Waals surface area contributed by atoms with Gasteiger partial charge in [-0.3, -0.25) is 9.59 Å². The number of nitrogens with two attached hydrogens (primary N) is 1. The van der Waals surface area contributed by atoms with Crippen LogP contribution in [0.5, 0.6) is 0 Å². The number of benzene rings is 1. The van der Waals surface area contributed by atoms with Gasteiger partial charge in [0.15, 0.2) is 0 Å². The maximum atomic E-state index is 13.0. The van der Waals surface area contributed by atoms with E-state index in [0.29, 0.717) is 37.4 Å². The number of hydrogen-bond acceptors (Lipinski definition) is 6. The molecule has 1 aromatic carbocycles. The average molecular weight is 343 g/mol. The van der Waals surface area contributed by atoms with Crippen LogP contribution in [0.25, 0.3) is 5.69 Å². The van der Waals surface area contributed by atoms with Crippen molar-refractivity contribution in [2.75, 3.05) is 26.2 Å². The first-order valence-electron chi connectivity index (χ1n) is 8.30. The van der Waals surface area contributed by atoms with E-state index in [-0.39, 0.29) is 17.7 Å². The van der Waals surface area contributed by atoms with Crippen molar-refractivity contribution in [3.05, 3.63) is 36.2 Å². The molecule has 132 valence electrons. The van der Waals surface area contributed by atoms with Crippen LogP contribution in [-0.2, 0) is 4.79 Å². The smallest absolute Gasteiger partial charge is 0.256 e. The molecular formula is C16H21N7O2. The van der Waals surface area contributed by atoms with Gasteiger partial charge in [-0.15, -0.1) is 5.10 Å². The summed E-state index contributed by atoms with van der Waals surface area (Å²) in [5, 5.41) is 13.9. The maximum absolute atomic E-state index is 13.0. The highest BCUT2D eigenvalue weighted by atomic mass is 16.2. The Morgan fingerprint density at radius 3 is 2.92 bits per heavy atom. The Hall–Kier alpha value is -2.81.